The zero-order valence-corrected chi connectivity index (χ0v) is 19.3. The molecule has 2 atom stereocenters. The minimum Gasteiger partial charge on any atom is -0.353 e. The van der Waals surface area contributed by atoms with Crippen LogP contribution in [0.1, 0.15) is 83.1 Å². The van der Waals surface area contributed by atoms with Crippen molar-refractivity contribution in [2.45, 2.75) is 95.6 Å². The summed E-state index contributed by atoms with van der Waals surface area (Å²) in [5.41, 5.74) is 0.898. The third-order valence-electron chi connectivity index (χ3n) is 9.09. The predicted octanol–water partition coefficient (Wildman–Crippen LogP) is 4.91. The molecule has 4 saturated carbocycles. The maximum absolute atomic E-state index is 13.3. The van der Waals surface area contributed by atoms with Crippen LogP contribution in [0.25, 0.3) is 0 Å². The Balaban J connectivity index is 1.22. The Labute approximate surface area is 191 Å². The SMILES string of the molecule is CC[C@@H](NC(=O)CC[C@]1(Cc2ccc(F)cc2)CCC(=O)N1)C12CC3CC(CC(C3)C1)C2. The predicted molar refractivity (Wildman–Crippen MR) is 122 cm³/mol. The van der Waals surface area contributed by atoms with Crippen LogP contribution in [0.15, 0.2) is 24.3 Å². The fourth-order valence-corrected chi connectivity index (χ4v) is 8.09. The van der Waals surface area contributed by atoms with Gasteiger partial charge >= 0.3 is 0 Å². The van der Waals surface area contributed by atoms with E-state index in [1.54, 1.807) is 12.1 Å². The van der Waals surface area contributed by atoms with Crippen LogP contribution < -0.4 is 10.6 Å². The van der Waals surface area contributed by atoms with Gasteiger partial charge in [-0.15, -0.1) is 0 Å². The molecule has 0 unspecified atom stereocenters. The summed E-state index contributed by atoms with van der Waals surface area (Å²) >= 11 is 0. The summed E-state index contributed by atoms with van der Waals surface area (Å²) in [6.07, 6.45) is 12.0. The van der Waals surface area contributed by atoms with E-state index in [0.29, 0.717) is 31.1 Å². The highest BCUT2D eigenvalue weighted by atomic mass is 19.1. The first-order valence-corrected chi connectivity index (χ1v) is 12.7. The quantitative estimate of drug-likeness (QED) is 0.604. The lowest BCUT2D eigenvalue weighted by Crippen LogP contribution is -2.56. The van der Waals surface area contributed by atoms with Crippen LogP contribution in [0.5, 0.6) is 0 Å². The molecule has 0 spiro atoms. The van der Waals surface area contributed by atoms with E-state index in [0.717, 1.165) is 36.2 Å². The van der Waals surface area contributed by atoms with Crippen LogP contribution in [0, 0.1) is 29.0 Å². The van der Waals surface area contributed by atoms with Crippen molar-refractivity contribution in [1.82, 2.24) is 10.6 Å². The molecule has 1 saturated heterocycles. The van der Waals surface area contributed by atoms with E-state index in [1.165, 1.54) is 50.7 Å². The van der Waals surface area contributed by atoms with Crippen LogP contribution in [0.3, 0.4) is 0 Å². The zero-order chi connectivity index (χ0) is 22.3. The van der Waals surface area contributed by atoms with Gasteiger partial charge in [-0.25, -0.2) is 4.39 Å². The third kappa shape index (κ3) is 4.32. The van der Waals surface area contributed by atoms with Gasteiger partial charge in [0.15, 0.2) is 0 Å². The van der Waals surface area contributed by atoms with Crippen LogP contribution in [-0.4, -0.2) is 23.4 Å². The number of carbonyl (C=O) groups excluding carboxylic acids is 2. The van der Waals surface area contributed by atoms with Gasteiger partial charge in [-0.3, -0.25) is 9.59 Å². The average Bonchev–Trinajstić information content (AvgIpc) is 3.12. The number of hydrogen-bond donors (Lipinski definition) is 2. The normalized spacial score (nSPS) is 36.2. The highest BCUT2D eigenvalue weighted by molar-refractivity contribution is 5.80. The number of hydrogen-bond acceptors (Lipinski definition) is 2. The molecular formula is C27H37FN2O2. The molecule has 32 heavy (non-hydrogen) atoms. The first-order valence-electron chi connectivity index (χ1n) is 12.7. The van der Waals surface area contributed by atoms with Crippen molar-refractivity contribution in [3.63, 3.8) is 0 Å². The van der Waals surface area contributed by atoms with Crippen molar-refractivity contribution in [2.75, 3.05) is 0 Å². The summed E-state index contributed by atoms with van der Waals surface area (Å²) in [6, 6.07) is 6.76. The molecule has 5 aliphatic rings. The van der Waals surface area contributed by atoms with E-state index in [9.17, 15) is 14.0 Å². The summed E-state index contributed by atoms with van der Waals surface area (Å²) in [6.45, 7) is 2.22. The Hall–Kier alpha value is -1.91. The molecule has 2 N–H and O–H groups in total. The molecule has 1 aromatic rings. The molecular weight excluding hydrogens is 403 g/mol. The maximum atomic E-state index is 13.3. The van der Waals surface area contributed by atoms with Gasteiger partial charge in [0.05, 0.1) is 0 Å². The molecule has 1 aromatic carbocycles. The molecule has 174 valence electrons. The van der Waals surface area contributed by atoms with E-state index in [2.05, 4.69) is 17.6 Å². The van der Waals surface area contributed by atoms with Crippen LogP contribution in [0.2, 0.25) is 0 Å². The Morgan fingerprint density at radius 2 is 1.75 bits per heavy atom. The van der Waals surface area contributed by atoms with Crippen molar-refractivity contribution in [3.05, 3.63) is 35.6 Å². The topological polar surface area (TPSA) is 58.2 Å². The van der Waals surface area contributed by atoms with Crippen molar-refractivity contribution >= 4 is 11.8 Å². The largest absolute Gasteiger partial charge is 0.353 e. The summed E-state index contributed by atoms with van der Waals surface area (Å²) in [4.78, 5) is 25.2. The van der Waals surface area contributed by atoms with Gasteiger partial charge in [0, 0.05) is 24.4 Å². The van der Waals surface area contributed by atoms with Crippen molar-refractivity contribution < 1.29 is 14.0 Å². The molecule has 1 aliphatic heterocycles. The number of nitrogens with one attached hydrogen (secondary N) is 2. The lowest BCUT2D eigenvalue weighted by molar-refractivity contribution is -0.127. The molecule has 2 amide bonds. The van der Waals surface area contributed by atoms with Crippen LogP contribution in [-0.2, 0) is 16.0 Å². The lowest BCUT2D eigenvalue weighted by atomic mass is 9.47. The highest BCUT2D eigenvalue weighted by Gasteiger charge is 2.54. The van der Waals surface area contributed by atoms with Gasteiger partial charge < -0.3 is 10.6 Å². The van der Waals surface area contributed by atoms with Gasteiger partial charge in [0.25, 0.3) is 0 Å². The number of carbonyl (C=O) groups is 2. The minimum absolute atomic E-state index is 0.0486. The second-order valence-electron chi connectivity index (χ2n) is 11.4. The Bertz CT molecular complexity index is 832. The number of halogens is 1. The van der Waals surface area contributed by atoms with Gasteiger partial charge in [0.2, 0.25) is 11.8 Å². The first-order chi connectivity index (χ1) is 15.4. The maximum Gasteiger partial charge on any atom is 0.220 e. The number of benzene rings is 1. The Kier molecular flexibility index (Phi) is 5.79. The molecule has 6 rings (SSSR count). The van der Waals surface area contributed by atoms with E-state index in [4.69, 9.17) is 0 Å². The van der Waals surface area contributed by atoms with Crippen molar-refractivity contribution in [3.8, 4) is 0 Å². The van der Waals surface area contributed by atoms with Crippen LogP contribution >= 0.6 is 0 Å². The summed E-state index contributed by atoms with van der Waals surface area (Å²) in [5, 5.41) is 6.60. The molecule has 4 aliphatic carbocycles. The minimum atomic E-state index is -0.408. The Morgan fingerprint density at radius 1 is 1.12 bits per heavy atom. The van der Waals surface area contributed by atoms with Crippen molar-refractivity contribution in [2.24, 2.45) is 23.2 Å². The fourth-order valence-electron chi connectivity index (χ4n) is 8.09. The molecule has 4 nitrogen and oxygen atoms in total. The highest BCUT2D eigenvalue weighted by Crippen LogP contribution is 2.61. The van der Waals surface area contributed by atoms with Crippen molar-refractivity contribution in [1.29, 1.82) is 0 Å². The third-order valence-corrected chi connectivity index (χ3v) is 9.09. The second-order valence-corrected chi connectivity index (χ2v) is 11.4. The molecule has 0 aromatic heterocycles. The summed E-state index contributed by atoms with van der Waals surface area (Å²) in [7, 11) is 0. The standard InChI is InChI=1S/C27H37FN2O2/c1-2-23(26-14-19-11-20(15-26)13-21(12-19)16-26)29-24(31)7-9-27(10-8-25(32)30-27)17-18-3-5-22(28)6-4-18/h3-6,19-21,23H,2,7-17H2,1H3,(H,29,31)(H,30,32)/t19?,20?,21?,23-,26?,27-/m1/s1. The number of rotatable bonds is 8. The van der Waals surface area contributed by atoms with E-state index >= 15 is 0 Å². The van der Waals surface area contributed by atoms with E-state index in [-0.39, 0.29) is 23.7 Å². The molecule has 1 heterocycles. The molecule has 0 radical (unpaired) electrons. The second kappa shape index (κ2) is 8.46. The molecule has 5 fully saturated rings. The van der Waals surface area contributed by atoms with Gasteiger partial charge in [-0.05, 0) is 105 Å². The fraction of sp³-hybridized carbons (Fsp3) is 0.704. The monoisotopic (exact) mass is 440 g/mol. The average molecular weight is 441 g/mol. The number of amides is 2. The molecule has 4 bridgehead atoms. The van der Waals surface area contributed by atoms with Gasteiger partial charge in [-0.2, -0.15) is 0 Å². The zero-order valence-electron chi connectivity index (χ0n) is 19.3. The first kappa shape index (κ1) is 21.9. The van der Waals surface area contributed by atoms with E-state index < -0.39 is 5.54 Å². The lowest BCUT2D eigenvalue weighted by Gasteiger charge is -2.59. The van der Waals surface area contributed by atoms with Crippen LogP contribution in [0.4, 0.5) is 4.39 Å². The van der Waals surface area contributed by atoms with Gasteiger partial charge in [-0.1, -0.05) is 19.1 Å². The Morgan fingerprint density at radius 3 is 2.28 bits per heavy atom. The summed E-state index contributed by atoms with van der Waals surface area (Å²) in [5.74, 6) is 2.53. The molecule has 5 heteroatoms. The summed E-state index contributed by atoms with van der Waals surface area (Å²) < 4.78 is 13.3. The van der Waals surface area contributed by atoms with Gasteiger partial charge in [0.1, 0.15) is 5.82 Å². The smallest absolute Gasteiger partial charge is 0.220 e. The van der Waals surface area contributed by atoms with E-state index in [1.807, 2.05) is 0 Å².